The maximum atomic E-state index is 13.6. The minimum absolute atomic E-state index is 0.210. The summed E-state index contributed by atoms with van der Waals surface area (Å²) in [6.07, 6.45) is 0.468. The number of aliphatic hydroxyl groups excluding tert-OH is 1. The van der Waals surface area contributed by atoms with Crippen LogP contribution in [0, 0.1) is 12.7 Å². The molecule has 1 saturated heterocycles. The van der Waals surface area contributed by atoms with Crippen molar-refractivity contribution in [2.75, 3.05) is 18.0 Å². The van der Waals surface area contributed by atoms with E-state index in [2.05, 4.69) is 4.90 Å². The molecule has 2 atom stereocenters. The van der Waals surface area contributed by atoms with Crippen LogP contribution in [0.3, 0.4) is 0 Å². The molecular formula is C13H19FN2O. The lowest BCUT2D eigenvalue weighted by Crippen LogP contribution is -2.24. The van der Waals surface area contributed by atoms with E-state index in [-0.39, 0.29) is 18.0 Å². The van der Waals surface area contributed by atoms with Gasteiger partial charge in [0.1, 0.15) is 5.82 Å². The Balaban J connectivity index is 2.40. The van der Waals surface area contributed by atoms with Gasteiger partial charge in [0.2, 0.25) is 0 Å². The Kier molecular flexibility index (Phi) is 3.35. The molecule has 0 spiro atoms. The number of aliphatic hydroxyl groups is 1. The summed E-state index contributed by atoms with van der Waals surface area (Å²) >= 11 is 0. The molecule has 2 rings (SSSR count). The largest absolute Gasteiger partial charge is 0.391 e. The monoisotopic (exact) mass is 238 g/mol. The SMILES string of the molecule is Cc1cc(N2CCC(O)C2)c([C@H](C)N)cc1F. The van der Waals surface area contributed by atoms with Crippen LogP contribution in [0.1, 0.15) is 30.5 Å². The molecule has 17 heavy (non-hydrogen) atoms. The number of nitrogens with two attached hydrogens (primary N) is 1. The number of rotatable bonds is 2. The average molecular weight is 238 g/mol. The van der Waals surface area contributed by atoms with E-state index in [1.165, 1.54) is 6.07 Å². The summed E-state index contributed by atoms with van der Waals surface area (Å²) in [5, 5.41) is 9.57. The van der Waals surface area contributed by atoms with E-state index < -0.39 is 0 Å². The molecule has 0 radical (unpaired) electrons. The van der Waals surface area contributed by atoms with Crippen molar-refractivity contribution in [1.29, 1.82) is 0 Å². The smallest absolute Gasteiger partial charge is 0.126 e. The second-order valence-electron chi connectivity index (χ2n) is 4.84. The van der Waals surface area contributed by atoms with Crippen LogP contribution in [0.4, 0.5) is 10.1 Å². The highest BCUT2D eigenvalue weighted by Crippen LogP contribution is 2.30. The number of aryl methyl sites for hydroxylation is 1. The van der Waals surface area contributed by atoms with Gasteiger partial charge in [0, 0.05) is 24.8 Å². The quantitative estimate of drug-likeness (QED) is 0.825. The van der Waals surface area contributed by atoms with Crippen molar-refractivity contribution >= 4 is 5.69 Å². The molecule has 1 unspecified atom stereocenters. The van der Waals surface area contributed by atoms with Gasteiger partial charge in [-0.15, -0.1) is 0 Å². The molecule has 1 fully saturated rings. The summed E-state index contributed by atoms with van der Waals surface area (Å²) in [6, 6.07) is 3.13. The molecule has 0 amide bonds. The number of anilines is 1. The van der Waals surface area contributed by atoms with Gasteiger partial charge < -0.3 is 15.7 Å². The molecule has 0 saturated carbocycles. The van der Waals surface area contributed by atoms with E-state index in [1.807, 2.05) is 13.0 Å². The second-order valence-corrected chi connectivity index (χ2v) is 4.84. The van der Waals surface area contributed by atoms with E-state index in [1.54, 1.807) is 6.92 Å². The van der Waals surface area contributed by atoms with Gasteiger partial charge in [0.05, 0.1) is 6.10 Å². The summed E-state index contributed by atoms with van der Waals surface area (Å²) in [5.74, 6) is -0.221. The van der Waals surface area contributed by atoms with Gasteiger partial charge in [-0.3, -0.25) is 0 Å². The lowest BCUT2D eigenvalue weighted by molar-refractivity contribution is 0.198. The van der Waals surface area contributed by atoms with Crippen LogP contribution in [-0.2, 0) is 0 Å². The van der Waals surface area contributed by atoms with Gasteiger partial charge in [0.25, 0.3) is 0 Å². The van der Waals surface area contributed by atoms with E-state index in [4.69, 9.17) is 5.73 Å². The standard InChI is InChI=1S/C13H19FN2O/c1-8-5-13(16-4-3-10(17)7-16)11(9(2)15)6-12(8)14/h5-6,9-10,17H,3-4,7,15H2,1-2H3/t9-,10?/m0/s1. The summed E-state index contributed by atoms with van der Waals surface area (Å²) in [4.78, 5) is 2.08. The zero-order chi connectivity index (χ0) is 12.6. The predicted molar refractivity (Wildman–Crippen MR) is 66.6 cm³/mol. The number of halogens is 1. The Hall–Kier alpha value is -1.13. The van der Waals surface area contributed by atoms with Gasteiger partial charge >= 0.3 is 0 Å². The fourth-order valence-electron chi connectivity index (χ4n) is 2.28. The third-order valence-electron chi connectivity index (χ3n) is 3.30. The number of hydrogen-bond donors (Lipinski definition) is 2. The number of nitrogens with zero attached hydrogens (tertiary/aromatic N) is 1. The summed E-state index contributed by atoms with van der Waals surface area (Å²) in [6.45, 7) is 4.99. The molecule has 3 N–H and O–H groups in total. The lowest BCUT2D eigenvalue weighted by Gasteiger charge is -2.24. The van der Waals surface area contributed by atoms with Gasteiger partial charge in [-0.05, 0) is 43.5 Å². The maximum absolute atomic E-state index is 13.6. The first kappa shape index (κ1) is 12.3. The average Bonchev–Trinajstić information content (AvgIpc) is 2.68. The number of hydrogen-bond acceptors (Lipinski definition) is 3. The topological polar surface area (TPSA) is 49.5 Å². The third-order valence-corrected chi connectivity index (χ3v) is 3.30. The Morgan fingerprint density at radius 1 is 1.53 bits per heavy atom. The van der Waals surface area contributed by atoms with Crippen LogP contribution >= 0.6 is 0 Å². The fourth-order valence-corrected chi connectivity index (χ4v) is 2.28. The first-order chi connectivity index (χ1) is 7.99. The van der Waals surface area contributed by atoms with Crippen LogP contribution in [0.2, 0.25) is 0 Å². The summed E-state index contributed by atoms with van der Waals surface area (Å²) < 4.78 is 13.6. The fraction of sp³-hybridized carbons (Fsp3) is 0.538. The van der Waals surface area contributed by atoms with E-state index in [9.17, 15) is 9.50 Å². The molecule has 3 nitrogen and oxygen atoms in total. The Morgan fingerprint density at radius 3 is 2.76 bits per heavy atom. The maximum Gasteiger partial charge on any atom is 0.126 e. The van der Waals surface area contributed by atoms with Crippen molar-refractivity contribution in [1.82, 2.24) is 0 Å². The van der Waals surface area contributed by atoms with Crippen molar-refractivity contribution in [3.05, 3.63) is 29.1 Å². The van der Waals surface area contributed by atoms with Crippen LogP contribution in [-0.4, -0.2) is 24.3 Å². The molecule has 0 aromatic heterocycles. The van der Waals surface area contributed by atoms with E-state index in [0.717, 1.165) is 24.2 Å². The molecule has 1 aliphatic rings. The van der Waals surface area contributed by atoms with Gasteiger partial charge in [-0.1, -0.05) is 0 Å². The van der Waals surface area contributed by atoms with Crippen LogP contribution in [0.15, 0.2) is 12.1 Å². The molecule has 4 heteroatoms. The zero-order valence-electron chi connectivity index (χ0n) is 10.3. The highest BCUT2D eigenvalue weighted by atomic mass is 19.1. The molecule has 1 aromatic carbocycles. The van der Waals surface area contributed by atoms with Crippen LogP contribution in [0.25, 0.3) is 0 Å². The highest BCUT2D eigenvalue weighted by Gasteiger charge is 2.24. The van der Waals surface area contributed by atoms with Crippen LogP contribution in [0.5, 0.6) is 0 Å². The minimum Gasteiger partial charge on any atom is -0.391 e. The van der Waals surface area contributed by atoms with Crippen molar-refractivity contribution in [3.63, 3.8) is 0 Å². The summed E-state index contributed by atoms with van der Waals surface area (Å²) in [5.41, 5.74) is 8.26. The minimum atomic E-state index is -0.290. The van der Waals surface area contributed by atoms with Crippen molar-refractivity contribution < 1.29 is 9.50 Å². The highest BCUT2D eigenvalue weighted by molar-refractivity contribution is 5.57. The molecule has 1 aromatic rings. The molecular weight excluding hydrogens is 219 g/mol. The molecule has 1 aliphatic heterocycles. The van der Waals surface area contributed by atoms with Crippen molar-refractivity contribution in [2.45, 2.75) is 32.4 Å². The Labute approximate surface area is 101 Å². The molecule has 0 aliphatic carbocycles. The third kappa shape index (κ3) is 2.42. The normalized spacial score (nSPS) is 21.9. The summed E-state index contributed by atoms with van der Waals surface area (Å²) in [7, 11) is 0. The van der Waals surface area contributed by atoms with Gasteiger partial charge in [-0.2, -0.15) is 0 Å². The predicted octanol–water partition coefficient (Wildman–Crippen LogP) is 1.72. The molecule has 94 valence electrons. The van der Waals surface area contributed by atoms with Crippen LogP contribution < -0.4 is 10.6 Å². The first-order valence-electron chi connectivity index (χ1n) is 5.97. The first-order valence-corrected chi connectivity index (χ1v) is 5.97. The lowest BCUT2D eigenvalue weighted by atomic mass is 10.0. The number of β-amino-alcohol motifs (C(OH)–C–C–N with tert-alkyl or cyclic N) is 1. The van der Waals surface area contributed by atoms with E-state index >= 15 is 0 Å². The Morgan fingerprint density at radius 2 is 2.24 bits per heavy atom. The van der Waals surface area contributed by atoms with Crippen molar-refractivity contribution in [2.24, 2.45) is 5.73 Å². The van der Waals surface area contributed by atoms with Gasteiger partial charge in [0.15, 0.2) is 0 Å². The van der Waals surface area contributed by atoms with Crippen molar-refractivity contribution in [3.8, 4) is 0 Å². The second kappa shape index (κ2) is 4.63. The number of benzene rings is 1. The van der Waals surface area contributed by atoms with Gasteiger partial charge in [-0.25, -0.2) is 4.39 Å². The van der Waals surface area contributed by atoms with E-state index in [0.29, 0.717) is 12.1 Å². The zero-order valence-corrected chi connectivity index (χ0v) is 10.3. The molecule has 1 heterocycles. The molecule has 0 bridgehead atoms. The Bertz CT molecular complexity index is 420.